The van der Waals surface area contributed by atoms with Crippen LogP contribution < -0.4 is 0 Å². The summed E-state index contributed by atoms with van der Waals surface area (Å²) in [7, 11) is 0. The van der Waals surface area contributed by atoms with Gasteiger partial charge in [-0.3, -0.25) is 15.0 Å². The zero-order valence-corrected chi connectivity index (χ0v) is 13.9. The molecule has 0 amide bonds. The van der Waals surface area contributed by atoms with Gasteiger partial charge in [0.25, 0.3) is 5.69 Å². The summed E-state index contributed by atoms with van der Waals surface area (Å²) in [6.45, 7) is 2.47. The number of nitro benzene ring substituents is 1. The molecule has 0 aliphatic rings. The lowest BCUT2D eigenvalue weighted by Gasteiger charge is -2.20. The van der Waals surface area contributed by atoms with Gasteiger partial charge in [0.05, 0.1) is 17.7 Å². The largest absolute Gasteiger partial charge is 0.468 e. The maximum Gasteiger partial charge on any atom is 0.269 e. The molecule has 0 saturated carbocycles. The third kappa shape index (κ3) is 4.53. The summed E-state index contributed by atoms with van der Waals surface area (Å²) in [5, 5.41) is 12.8. The molecular formula is C18H18N2O3S. The van der Waals surface area contributed by atoms with Crippen LogP contribution in [-0.2, 0) is 19.5 Å². The second-order valence-corrected chi connectivity index (χ2v) is 6.58. The van der Waals surface area contributed by atoms with Crippen LogP contribution in [0, 0.1) is 10.1 Å². The first-order valence-electron chi connectivity index (χ1n) is 7.71. The average molecular weight is 342 g/mol. The van der Waals surface area contributed by atoms with Crippen LogP contribution in [0.15, 0.2) is 64.6 Å². The molecule has 2 aromatic heterocycles. The van der Waals surface area contributed by atoms with Gasteiger partial charge in [0.2, 0.25) is 0 Å². The number of hydrogen-bond donors (Lipinski definition) is 0. The van der Waals surface area contributed by atoms with E-state index in [0.29, 0.717) is 0 Å². The number of nitrogens with zero attached hydrogens (tertiary/aromatic N) is 2. The molecule has 0 fully saturated rings. The first kappa shape index (κ1) is 16.4. The molecule has 3 rings (SSSR count). The molecule has 124 valence electrons. The van der Waals surface area contributed by atoms with Crippen LogP contribution in [0.2, 0.25) is 0 Å². The molecule has 3 aromatic rings. The van der Waals surface area contributed by atoms with Gasteiger partial charge in [0.1, 0.15) is 5.76 Å². The van der Waals surface area contributed by atoms with E-state index in [1.807, 2.05) is 24.3 Å². The minimum atomic E-state index is -0.371. The molecule has 0 unspecified atom stereocenters. The van der Waals surface area contributed by atoms with E-state index in [1.54, 1.807) is 29.7 Å². The smallest absolute Gasteiger partial charge is 0.269 e. The van der Waals surface area contributed by atoms with Gasteiger partial charge < -0.3 is 4.42 Å². The van der Waals surface area contributed by atoms with E-state index in [4.69, 9.17) is 4.42 Å². The predicted octanol–water partition coefficient (Wildman–Crippen LogP) is 4.49. The lowest BCUT2D eigenvalue weighted by Crippen LogP contribution is -2.24. The number of hydrogen-bond acceptors (Lipinski definition) is 5. The Hall–Kier alpha value is -2.44. The summed E-state index contributed by atoms with van der Waals surface area (Å²) in [6, 6.07) is 14.8. The average Bonchev–Trinajstić information content (AvgIpc) is 3.27. The van der Waals surface area contributed by atoms with Gasteiger partial charge in [-0.2, -0.15) is 0 Å². The summed E-state index contributed by atoms with van der Waals surface area (Å²) < 4.78 is 5.46. The maximum atomic E-state index is 10.7. The molecule has 0 bridgehead atoms. The third-order valence-electron chi connectivity index (χ3n) is 3.78. The number of benzene rings is 1. The van der Waals surface area contributed by atoms with E-state index in [2.05, 4.69) is 22.4 Å². The van der Waals surface area contributed by atoms with Crippen LogP contribution in [0.3, 0.4) is 0 Å². The van der Waals surface area contributed by atoms with Crippen molar-refractivity contribution >= 4 is 17.0 Å². The Morgan fingerprint density at radius 3 is 2.54 bits per heavy atom. The fourth-order valence-corrected chi connectivity index (χ4v) is 3.28. The van der Waals surface area contributed by atoms with E-state index in [0.717, 1.165) is 37.4 Å². The normalized spacial score (nSPS) is 11.0. The topological polar surface area (TPSA) is 59.5 Å². The van der Waals surface area contributed by atoms with Crippen LogP contribution in [0.1, 0.15) is 16.2 Å². The Bertz CT molecular complexity index is 716. The standard InChI is InChI=1S/C18H18N2O3S/c21-20(22)16-7-5-15(6-8-16)9-10-19(13-17-3-1-11-23-17)14-18-4-2-12-24-18/h1-8,11-12H,9-10,13-14H2. The van der Waals surface area contributed by atoms with Gasteiger partial charge in [-0.05, 0) is 35.6 Å². The first-order valence-corrected chi connectivity index (χ1v) is 8.59. The zero-order valence-electron chi connectivity index (χ0n) is 13.1. The van der Waals surface area contributed by atoms with Crippen molar-refractivity contribution in [3.05, 3.63) is 86.5 Å². The Balaban J connectivity index is 1.63. The minimum Gasteiger partial charge on any atom is -0.468 e. The highest BCUT2D eigenvalue weighted by atomic mass is 32.1. The van der Waals surface area contributed by atoms with Crippen molar-refractivity contribution in [3.63, 3.8) is 0 Å². The van der Waals surface area contributed by atoms with Crippen molar-refractivity contribution in [2.24, 2.45) is 0 Å². The quantitative estimate of drug-likeness (QED) is 0.447. The molecular weight excluding hydrogens is 324 g/mol. The van der Waals surface area contributed by atoms with Crippen molar-refractivity contribution in [2.45, 2.75) is 19.5 Å². The lowest BCUT2D eigenvalue weighted by atomic mass is 10.1. The third-order valence-corrected chi connectivity index (χ3v) is 4.64. The minimum absolute atomic E-state index is 0.129. The van der Waals surface area contributed by atoms with Gasteiger partial charge in [-0.15, -0.1) is 11.3 Å². The van der Waals surface area contributed by atoms with Gasteiger partial charge in [0, 0.05) is 30.1 Å². The van der Waals surface area contributed by atoms with Gasteiger partial charge >= 0.3 is 0 Å². The molecule has 2 heterocycles. The number of furan rings is 1. The molecule has 0 aliphatic carbocycles. The fourth-order valence-electron chi connectivity index (χ4n) is 2.53. The van der Waals surface area contributed by atoms with Crippen molar-refractivity contribution in [3.8, 4) is 0 Å². The highest BCUT2D eigenvalue weighted by molar-refractivity contribution is 7.09. The monoisotopic (exact) mass is 342 g/mol. The number of rotatable bonds is 8. The van der Waals surface area contributed by atoms with Crippen LogP contribution in [-0.4, -0.2) is 16.4 Å². The Morgan fingerprint density at radius 2 is 1.92 bits per heavy atom. The zero-order chi connectivity index (χ0) is 16.8. The summed E-state index contributed by atoms with van der Waals surface area (Å²) in [4.78, 5) is 14.0. The van der Waals surface area contributed by atoms with E-state index >= 15 is 0 Å². The van der Waals surface area contributed by atoms with Crippen molar-refractivity contribution in [2.75, 3.05) is 6.54 Å². The predicted molar refractivity (Wildman–Crippen MR) is 93.9 cm³/mol. The SMILES string of the molecule is O=[N+]([O-])c1ccc(CCN(Cc2ccco2)Cc2cccs2)cc1. The Morgan fingerprint density at radius 1 is 1.08 bits per heavy atom. The molecule has 6 heteroatoms. The molecule has 0 radical (unpaired) electrons. The van der Waals surface area contributed by atoms with Gasteiger partial charge in [-0.1, -0.05) is 18.2 Å². The molecule has 24 heavy (non-hydrogen) atoms. The summed E-state index contributed by atoms with van der Waals surface area (Å²) in [5.41, 5.74) is 1.22. The summed E-state index contributed by atoms with van der Waals surface area (Å²) in [6.07, 6.45) is 2.53. The highest BCUT2D eigenvalue weighted by Crippen LogP contribution is 2.17. The number of thiophene rings is 1. The molecule has 0 saturated heterocycles. The van der Waals surface area contributed by atoms with E-state index in [1.165, 1.54) is 4.88 Å². The fraction of sp³-hybridized carbons (Fsp3) is 0.222. The molecule has 0 spiro atoms. The molecule has 0 aliphatic heterocycles. The number of nitro groups is 1. The van der Waals surface area contributed by atoms with Gasteiger partial charge in [0.15, 0.2) is 0 Å². The van der Waals surface area contributed by atoms with E-state index in [9.17, 15) is 10.1 Å². The van der Waals surface area contributed by atoms with Crippen molar-refractivity contribution in [1.29, 1.82) is 0 Å². The van der Waals surface area contributed by atoms with Crippen molar-refractivity contribution in [1.82, 2.24) is 4.90 Å². The van der Waals surface area contributed by atoms with Crippen molar-refractivity contribution < 1.29 is 9.34 Å². The lowest BCUT2D eigenvalue weighted by molar-refractivity contribution is -0.384. The van der Waals surface area contributed by atoms with E-state index < -0.39 is 0 Å². The van der Waals surface area contributed by atoms with Crippen LogP contribution >= 0.6 is 11.3 Å². The molecule has 0 N–H and O–H groups in total. The second-order valence-electron chi connectivity index (χ2n) is 5.54. The maximum absolute atomic E-state index is 10.7. The second kappa shape index (κ2) is 7.90. The Kier molecular flexibility index (Phi) is 5.40. The molecule has 1 aromatic carbocycles. The van der Waals surface area contributed by atoms with E-state index in [-0.39, 0.29) is 10.6 Å². The van der Waals surface area contributed by atoms with Crippen LogP contribution in [0.4, 0.5) is 5.69 Å². The summed E-state index contributed by atoms with van der Waals surface area (Å²) >= 11 is 1.74. The highest BCUT2D eigenvalue weighted by Gasteiger charge is 2.11. The molecule has 0 atom stereocenters. The summed E-state index contributed by atoms with van der Waals surface area (Å²) in [5.74, 6) is 0.940. The Labute approximate surface area is 144 Å². The molecule has 5 nitrogen and oxygen atoms in total. The number of non-ortho nitro benzene ring substituents is 1. The first-order chi connectivity index (χ1) is 11.7. The van der Waals surface area contributed by atoms with Crippen LogP contribution in [0.25, 0.3) is 0 Å². The van der Waals surface area contributed by atoms with Crippen LogP contribution in [0.5, 0.6) is 0 Å². The van der Waals surface area contributed by atoms with Gasteiger partial charge in [-0.25, -0.2) is 0 Å².